The molecule has 32 heavy (non-hydrogen) atoms. The maximum atomic E-state index is 13.2. The van der Waals surface area contributed by atoms with E-state index in [0.29, 0.717) is 31.7 Å². The summed E-state index contributed by atoms with van der Waals surface area (Å²) in [5.74, 6) is 0.849. The van der Waals surface area contributed by atoms with Gasteiger partial charge in [-0.3, -0.25) is 9.59 Å². The zero-order chi connectivity index (χ0) is 22.5. The van der Waals surface area contributed by atoms with E-state index >= 15 is 0 Å². The third-order valence-electron chi connectivity index (χ3n) is 6.04. The van der Waals surface area contributed by atoms with Gasteiger partial charge in [-0.25, -0.2) is 0 Å². The fourth-order valence-electron chi connectivity index (χ4n) is 4.31. The number of hydrogen-bond donors (Lipinski definition) is 1. The Hall–Kier alpha value is -2.86. The van der Waals surface area contributed by atoms with E-state index in [1.54, 1.807) is 4.90 Å². The number of carbonyl (C=O) groups is 2. The highest BCUT2D eigenvalue weighted by molar-refractivity contribution is 5.97. The first kappa shape index (κ1) is 22.3. The van der Waals surface area contributed by atoms with E-state index in [1.807, 2.05) is 62.4 Å². The molecule has 6 nitrogen and oxygen atoms in total. The fraction of sp³-hybridized carbons (Fsp3) is 0.462. The van der Waals surface area contributed by atoms with Crippen LogP contribution in [0.4, 0.5) is 5.69 Å². The van der Waals surface area contributed by atoms with Crippen LogP contribution in [0.5, 0.6) is 5.75 Å². The van der Waals surface area contributed by atoms with E-state index in [0.717, 1.165) is 36.3 Å². The maximum absolute atomic E-state index is 13.2. The van der Waals surface area contributed by atoms with Crippen LogP contribution in [0.15, 0.2) is 48.5 Å². The average Bonchev–Trinajstić information content (AvgIpc) is 3.31. The van der Waals surface area contributed by atoms with Crippen molar-refractivity contribution in [3.05, 3.63) is 59.7 Å². The molecule has 2 heterocycles. The van der Waals surface area contributed by atoms with Crippen LogP contribution in [-0.2, 0) is 27.3 Å². The van der Waals surface area contributed by atoms with Crippen molar-refractivity contribution in [2.24, 2.45) is 5.92 Å². The van der Waals surface area contributed by atoms with Crippen LogP contribution < -0.4 is 10.1 Å². The first-order valence-corrected chi connectivity index (χ1v) is 11.5. The molecule has 170 valence electrons. The topological polar surface area (TPSA) is 67.9 Å². The normalized spacial score (nSPS) is 20.2. The SMILES string of the molecule is CC(C)CC(=O)N1Cc2ccccc2CC1C(=O)Nc1ccc(OCC2CCCO2)cc1. The van der Waals surface area contributed by atoms with Gasteiger partial charge in [0.25, 0.3) is 0 Å². The first-order chi connectivity index (χ1) is 15.5. The summed E-state index contributed by atoms with van der Waals surface area (Å²) < 4.78 is 11.4. The Morgan fingerprint density at radius 3 is 2.56 bits per heavy atom. The van der Waals surface area contributed by atoms with Crippen LogP contribution in [-0.4, -0.2) is 42.1 Å². The second-order valence-electron chi connectivity index (χ2n) is 9.07. The number of carbonyl (C=O) groups excluding carboxylic acids is 2. The molecule has 0 aromatic heterocycles. The predicted octanol–water partition coefficient (Wildman–Crippen LogP) is 4.18. The van der Waals surface area contributed by atoms with Crippen molar-refractivity contribution in [2.75, 3.05) is 18.5 Å². The monoisotopic (exact) mass is 436 g/mol. The van der Waals surface area contributed by atoms with Crippen LogP contribution >= 0.6 is 0 Å². The van der Waals surface area contributed by atoms with Gasteiger partial charge in [0.2, 0.25) is 11.8 Å². The third kappa shape index (κ3) is 5.49. The predicted molar refractivity (Wildman–Crippen MR) is 123 cm³/mol. The summed E-state index contributed by atoms with van der Waals surface area (Å²) in [7, 11) is 0. The lowest BCUT2D eigenvalue weighted by molar-refractivity contribution is -0.140. The van der Waals surface area contributed by atoms with Crippen molar-refractivity contribution >= 4 is 17.5 Å². The molecule has 2 aromatic rings. The number of amides is 2. The Morgan fingerprint density at radius 2 is 1.88 bits per heavy atom. The Balaban J connectivity index is 1.42. The highest BCUT2D eigenvalue weighted by atomic mass is 16.5. The lowest BCUT2D eigenvalue weighted by Gasteiger charge is -2.36. The molecule has 0 bridgehead atoms. The van der Waals surface area contributed by atoms with Gasteiger partial charge in [-0.05, 0) is 54.2 Å². The lowest BCUT2D eigenvalue weighted by atomic mass is 9.92. The first-order valence-electron chi connectivity index (χ1n) is 11.5. The standard InChI is InChI=1S/C26H32N2O4/c1-18(2)14-25(29)28-16-20-7-4-3-6-19(20)15-24(28)26(30)27-21-9-11-22(12-10-21)32-17-23-8-5-13-31-23/h3-4,6-7,9-12,18,23-24H,5,8,13-17H2,1-2H3,(H,27,30). The molecular formula is C26H32N2O4. The third-order valence-corrected chi connectivity index (χ3v) is 6.04. The van der Waals surface area contributed by atoms with E-state index in [-0.39, 0.29) is 23.8 Å². The highest BCUT2D eigenvalue weighted by Gasteiger charge is 2.34. The summed E-state index contributed by atoms with van der Waals surface area (Å²) in [6.07, 6.45) is 3.24. The van der Waals surface area contributed by atoms with Crippen molar-refractivity contribution in [3.8, 4) is 5.75 Å². The quantitative estimate of drug-likeness (QED) is 0.707. The van der Waals surface area contributed by atoms with Crippen molar-refractivity contribution in [3.63, 3.8) is 0 Å². The zero-order valence-electron chi connectivity index (χ0n) is 18.9. The van der Waals surface area contributed by atoms with E-state index in [4.69, 9.17) is 9.47 Å². The van der Waals surface area contributed by atoms with Crippen LogP contribution in [0.3, 0.4) is 0 Å². The molecule has 2 aliphatic heterocycles. The molecule has 0 saturated carbocycles. The van der Waals surface area contributed by atoms with Gasteiger partial charge in [0.05, 0.1) is 6.10 Å². The second-order valence-corrected chi connectivity index (χ2v) is 9.07. The Labute approximate surface area is 189 Å². The zero-order valence-corrected chi connectivity index (χ0v) is 18.9. The Bertz CT molecular complexity index is 935. The molecule has 2 amide bonds. The van der Waals surface area contributed by atoms with E-state index < -0.39 is 6.04 Å². The van der Waals surface area contributed by atoms with Gasteiger partial charge in [0, 0.05) is 31.7 Å². The number of anilines is 1. The number of nitrogens with zero attached hydrogens (tertiary/aromatic N) is 1. The smallest absolute Gasteiger partial charge is 0.247 e. The largest absolute Gasteiger partial charge is 0.491 e. The maximum Gasteiger partial charge on any atom is 0.247 e. The van der Waals surface area contributed by atoms with E-state index in [9.17, 15) is 9.59 Å². The van der Waals surface area contributed by atoms with Gasteiger partial charge in [-0.2, -0.15) is 0 Å². The fourth-order valence-corrected chi connectivity index (χ4v) is 4.31. The molecule has 2 aliphatic rings. The van der Waals surface area contributed by atoms with Gasteiger partial charge in [-0.1, -0.05) is 38.1 Å². The Kier molecular flexibility index (Phi) is 7.10. The molecule has 4 rings (SSSR count). The number of rotatable bonds is 7. The van der Waals surface area contributed by atoms with Crippen LogP contribution in [0.1, 0.15) is 44.2 Å². The lowest BCUT2D eigenvalue weighted by Crippen LogP contribution is -2.50. The molecule has 2 unspecified atom stereocenters. The van der Waals surface area contributed by atoms with Crippen molar-refractivity contribution in [2.45, 2.75) is 58.2 Å². The molecule has 6 heteroatoms. The van der Waals surface area contributed by atoms with E-state index in [2.05, 4.69) is 5.32 Å². The second kappa shape index (κ2) is 10.2. The van der Waals surface area contributed by atoms with Gasteiger partial charge < -0.3 is 19.7 Å². The highest BCUT2D eigenvalue weighted by Crippen LogP contribution is 2.26. The molecule has 0 aliphatic carbocycles. The molecular weight excluding hydrogens is 404 g/mol. The number of nitrogens with one attached hydrogen (secondary N) is 1. The molecule has 1 N–H and O–H groups in total. The Morgan fingerprint density at radius 1 is 1.12 bits per heavy atom. The van der Waals surface area contributed by atoms with Crippen LogP contribution in [0, 0.1) is 5.92 Å². The van der Waals surface area contributed by atoms with Crippen molar-refractivity contribution in [1.29, 1.82) is 0 Å². The summed E-state index contributed by atoms with van der Waals surface area (Å²) >= 11 is 0. The summed E-state index contributed by atoms with van der Waals surface area (Å²) in [6.45, 7) is 5.86. The van der Waals surface area contributed by atoms with Crippen molar-refractivity contribution < 1.29 is 19.1 Å². The van der Waals surface area contributed by atoms with Crippen LogP contribution in [0.25, 0.3) is 0 Å². The number of benzene rings is 2. The molecule has 0 radical (unpaired) electrons. The summed E-state index contributed by atoms with van der Waals surface area (Å²) in [5, 5.41) is 2.99. The van der Waals surface area contributed by atoms with Gasteiger partial charge >= 0.3 is 0 Å². The van der Waals surface area contributed by atoms with Crippen LogP contribution in [0.2, 0.25) is 0 Å². The van der Waals surface area contributed by atoms with E-state index in [1.165, 1.54) is 0 Å². The molecule has 1 fully saturated rings. The minimum absolute atomic E-state index is 0.0209. The minimum Gasteiger partial charge on any atom is -0.491 e. The summed E-state index contributed by atoms with van der Waals surface area (Å²) in [6, 6.07) is 14.9. The van der Waals surface area contributed by atoms with Gasteiger partial charge in [0.1, 0.15) is 18.4 Å². The number of ether oxygens (including phenoxy) is 2. The molecule has 1 saturated heterocycles. The summed E-state index contributed by atoms with van der Waals surface area (Å²) in [4.78, 5) is 27.9. The molecule has 0 spiro atoms. The average molecular weight is 437 g/mol. The number of fused-ring (bicyclic) bond motifs is 1. The van der Waals surface area contributed by atoms with Gasteiger partial charge in [0.15, 0.2) is 0 Å². The number of hydrogen-bond acceptors (Lipinski definition) is 4. The summed E-state index contributed by atoms with van der Waals surface area (Å²) in [5.41, 5.74) is 2.93. The van der Waals surface area contributed by atoms with Crippen molar-refractivity contribution in [1.82, 2.24) is 4.90 Å². The minimum atomic E-state index is -0.522. The van der Waals surface area contributed by atoms with Gasteiger partial charge in [-0.15, -0.1) is 0 Å². The molecule has 2 atom stereocenters. The molecule has 2 aromatic carbocycles.